The fourth-order valence-corrected chi connectivity index (χ4v) is 5.34. The summed E-state index contributed by atoms with van der Waals surface area (Å²) in [6, 6.07) is 2.58. The number of hydrogen-bond acceptors (Lipinski definition) is 5. The van der Waals surface area contributed by atoms with E-state index in [0.717, 1.165) is 54.8 Å². The summed E-state index contributed by atoms with van der Waals surface area (Å²) >= 11 is 0. The first-order chi connectivity index (χ1) is 17.3. The Morgan fingerprint density at radius 1 is 1.17 bits per heavy atom. The first kappa shape index (κ1) is 24.3. The van der Waals surface area contributed by atoms with Crippen molar-refractivity contribution in [2.24, 2.45) is 13.0 Å². The summed E-state index contributed by atoms with van der Waals surface area (Å²) in [6.07, 6.45) is 9.75. The van der Waals surface area contributed by atoms with E-state index in [0.29, 0.717) is 30.5 Å². The molecule has 1 saturated carbocycles. The first-order valence-corrected chi connectivity index (χ1v) is 12.8. The molecule has 2 aliphatic rings. The smallest absolute Gasteiger partial charge is 0.350 e. The molecule has 0 unspecified atom stereocenters. The lowest BCUT2D eigenvalue weighted by Gasteiger charge is -2.29. The maximum atomic E-state index is 15.5. The van der Waals surface area contributed by atoms with E-state index in [1.807, 2.05) is 13.8 Å². The number of fused-ring (bicyclic) bond motifs is 1. The fraction of sp³-hybridized carbons (Fsp3) is 0.538. The second-order valence-corrected chi connectivity index (χ2v) is 10.0. The molecular formula is C26H33FN6O3. The Labute approximate surface area is 209 Å². The molecule has 0 saturated heterocycles. The average molecular weight is 497 g/mol. The number of benzene rings is 1. The number of ether oxygens (including phenoxy) is 1. The van der Waals surface area contributed by atoms with Crippen molar-refractivity contribution >= 4 is 11.7 Å². The van der Waals surface area contributed by atoms with Crippen molar-refractivity contribution in [1.82, 2.24) is 24.1 Å². The van der Waals surface area contributed by atoms with Gasteiger partial charge < -0.3 is 10.1 Å². The number of hydrogen-bond donors (Lipinski definition) is 1. The summed E-state index contributed by atoms with van der Waals surface area (Å²) in [4.78, 5) is 26.3. The standard InChI is InChI=1S/C26H33FN6O3/c1-16-15-31(3)30-24(16)28-25(34)19-13-20(27)21(33-26(35)32-12-8-7-11-23(32)29-33)14-22(19)36-17(2)18-9-5-4-6-10-18/h13-15,17-18H,4-12H2,1-3H3,(H,28,30,34)/t17-/m0/s1. The summed E-state index contributed by atoms with van der Waals surface area (Å²) < 4.78 is 26.1. The topological polar surface area (TPSA) is 96.0 Å². The lowest BCUT2D eigenvalue weighted by Crippen LogP contribution is -2.28. The fourth-order valence-electron chi connectivity index (χ4n) is 5.34. The van der Waals surface area contributed by atoms with Gasteiger partial charge >= 0.3 is 5.69 Å². The molecule has 1 aromatic carbocycles. The van der Waals surface area contributed by atoms with Gasteiger partial charge in [0.15, 0.2) is 5.82 Å². The molecule has 1 amide bonds. The van der Waals surface area contributed by atoms with Crippen LogP contribution in [-0.2, 0) is 20.0 Å². The molecule has 36 heavy (non-hydrogen) atoms. The predicted molar refractivity (Wildman–Crippen MR) is 133 cm³/mol. The van der Waals surface area contributed by atoms with Crippen molar-refractivity contribution in [3.8, 4) is 11.4 Å². The van der Waals surface area contributed by atoms with E-state index in [2.05, 4.69) is 15.5 Å². The molecule has 0 bridgehead atoms. The molecule has 10 heteroatoms. The molecular weight excluding hydrogens is 463 g/mol. The third-order valence-electron chi connectivity index (χ3n) is 7.36. The number of amides is 1. The van der Waals surface area contributed by atoms with Crippen LogP contribution in [0.2, 0.25) is 0 Å². The Bertz CT molecular complexity index is 1330. The van der Waals surface area contributed by atoms with Gasteiger partial charge in [-0.15, -0.1) is 5.10 Å². The number of carbonyl (C=O) groups excluding carboxylic acids is 1. The van der Waals surface area contributed by atoms with E-state index in [4.69, 9.17) is 4.74 Å². The lowest BCUT2D eigenvalue weighted by atomic mass is 9.86. The van der Waals surface area contributed by atoms with Crippen molar-refractivity contribution in [2.75, 3.05) is 5.32 Å². The molecule has 5 rings (SSSR count). The van der Waals surface area contributed by atoms with Gasteiger partial charge in [0.25, 0.3) is 5.91 Å². The molecule has 192 valence electrons. The number of carbonyl (C=O) groups is 1. The van der Waals surface area contributed by atoms with Gasteiger partial charge in [0.1, 0.15) is 23.1 Å². The maximum Gasteiger partial charge on any atom is 0.350 e. The summed E-state index contributed by atoms with van der Waals surface area (Å²) in [6.45, 7) is 4.40. The van der Waals surface area contributed by atoms with Crippen LogP contribution in [0.25, 0.3) is 5.69 Å². The van der Waals surface area contributed by atoms with Crippen molar-refractivity contribution in [2.45, 2.75) is 77.9 Å². The van der Waals surface area contributed by atoms with Crippen LogP contribution < -0.4 is 15.7 Å². The summed E-state index contributed by atoms with van der Waals surface area (Å²) in [5.41, 5.74) is 0.451. The molecule has 1 N–H and O–H groups in total. The van der Waals surface area contributed by atoms with Crippen molar-refractivity contribution in [3.05, 3.63) is 51.6 Å². The van der Waals surface area contributed by atoms with E-state index < -0.39 is 11.7 Å². The van der Waals surface area contributed by atoms with Gasteiger partial charge in [0, 0.05) is 37.8 Å². The molecule has 3 heterocycles. The molecule has 3 aromatic rings. The highest BCUT2D eigenvalue weighted by atomic mass is 19.1. The first-order valence-electron chi connectivity index (χ1n) is 12.8. The second-order valence-electron chi connectivity index (χ2n) is 10.0. The molecule has 1 aliphatic heterocycles. The van der Waals surface area contributed by atoms with E-state index in [-0.39, 0.29) is 28.8 Å². The van der Waals surface area contributed by atoms with Crippen LogP contribution >= 0.6 is 0 Å². The molecule has 1 atom stereocenters. The minimum atomic E-state index is -0.715. The van der Waals surface area contributed by atoms with Gasteiger partial charge in [-0.25, -0.2) is 9.18 Å². The Balaban J connectivity index is 1.54. The highest BCUT2D eigenvalue weighted by Gasteiger charge is 2.27. The Morgan fingerprint density at radius 2 is 1.94 bits per heavy atom. The van der Waals surface area contributed by atoms with E-state index in [9.17, 15) is 9.59 Å². The van der Waals surface area contributed by atoms with E-state index >= 15 is 4.39 Å². The van der Waals surface area contributed by atoms with Crippen LogP contribution in [-0.4, -0.2) is 36.1 Å². The van der Waals surface area contributed by atoms with Gasteiger partial charge in [-0.2, -0.15) is 9.78 Å². The molecule has 9 nitrogen and oxygen atoms in total. The number of aromatic nitrogens is 5. The van der Waals surface area contributed by atoms with E-state index in [1.165, 1.54) is 12.5 Å². The number of nitrogens with one attached hydrogen (secondary N) is 1. The zero-order valence-corrected chi connectivity index (χ0v) is 21.1. The Morgan fingerprint density at radius 3 is 2.64 bits per heavy atom. The molecule has 0 radical (unpaired) electrons. The lowest BCUT2D eigenvalue weighted by molar-refractivity contribution is 0.0996. The largest absolute Gasteiger partial charge is 0.490 e. The zero-order valence-electron chi connectivity index (χ0n) is 21.1. The molecule has 1 aliphatic carbocycles. The number of halogens is 1. The monoisotopic (exact) mass is 496 g/mol. The second kappa shape index (κ2) is 9.91. The molecule has 0 spiro atoms. The van der Waals surface area contributed by atoms with Crippen molar-refractivity contribution < 1.29 is 13.9 Å². The summed E-state index contributed by atoms with van der Waals surface area (Å²) in [5, 5.41) is 11.4. The number of anilines is 1. The number of nitrogens with zero attached hydrogens (tertiary/aromatic N) is 5. The summed E-state index contributed by atoms with van der Waals surface area (Å²) in [7, 11) is 1.76. The Kier molecular flexibility index (Phi) is 6.68. The van der Waals surface area contributed by atoms with Crippen LogP contribution in [0.15, 0.2) is 23.1 Å². The van der Waals surface area contributed by atoms with Gasteiger partial charge in [-0.05, 0) is 51.5 Å². The van der Waals surface area contributed by atoms with Gasteiger partial charge in [-0.3, -0.25) is 14.0 Å². The van der Waals surface area contributed by atoms with Crippen LogP contribution in [0.5, 0.6) is 5.75 Å². The molecule has 1 fully saturated rings. The van der Waals surface area contributed by atoms with Gasteiger partial charge in [-0.1, -0.05) is 19.3 Å². The summed E-state index contributed by atoms with van der Waals surface area (Å²) in [5.74, 6) is 0.391. The predicted octanol–water partition coefficient (Wildman–Crippen LogP) is 4.15. The van der Waals surface area contributed by atoms with E-state index in [1.54, 1.807) is 22.5 Å². The quantitative estimate of drug-likeness (QED) is 0.553. The number of aryl methyl sites for hydroxylation is 3. The van der Waals surface area contributed by atoms with Crippen LogP contribution in [0.4, 0.5) is 10.2 Å². The third-order valence-corrected chi connectivity index (χ3v) is 7.36. The van der Waals surface area contributed by atoms with Crippen molar-refractivity contribution in [1.29, 1.82) is 0 Å². The van der Waals surface area contributed by atoms with Crippen LogP contribution in [0, 0.1) is 18.7 Å². The normalized spacial score (nSPS) is 17.0. The minimum absolute atomic E-state index is 0.0155. The minimum Gasteiger partial charge on any atom is -0.490 e. The highest BCUT2D eigenvalue weighted by molar-refractivity contribution is 6.06. The number of rotatable bonds is 6. The highest BCUT2D eigenvalue weighted by Crippen LogP contribution is 2.32. The van der Waals surface area contributed by atoms with Gasteiger partial charge in [0.05, 0.1) is 11.7 Å². The van der Waals surface area contributed by atoms with Crippen molar-refractivity contribution in [3.63, 3.8) is 0 Å². The third kappa shape index (κ3) is 4.68. The zero-order chi connectivity index (χ0) is 25.4. The average Bonchev–Trinajstić information content (AvgIpc) is 3.37. The molecule has 2 aromatic heterocycles. The SMILES string of the molecule is Cc1cn(C)nc1NC(=O)c1cc(F)c(-n2nc3n(c2=O)CCCC3)cc1O[C@@H](C)C1CCCCC1. The Hall–Kier alpha value is -3.43. The van der Waals surface area contributed by atoms with Crippen LogP contribution in [0.1, 0.15) is 73.6 Å². The van der Waals surface area contributed by atoms with Gasteiger partial charge in [0.2, 0.25) is 0 Å². The maximum absolute atomic E-state index is 15.5. The van der Waals surface area contributed by atoms with Crippen LogP contribution in [0.3, 0.4) is 0 Å².